The zero-order valence-electron chi connectivity index (χ0n) is 14.7. The fourth-order valence-electron chi connectivity index (χ4n) is 3.34. The number of hydrogen-bond donors (Lipinski definition) is 2. The van der Waals surface area contributed by atoms with Gasteiger partial charge < -0.3 is 16.0 Å². The summed E-state index contributed by atoms with van der Waals surface area (Å²) in [6.07, 6.45) is -2.25. The van der Waals surface area contributed by atoms with Crippen molar-refractivity contribution >= 4 is 24.2 Å². The molecule has 1 aliphatic carbocycles. The molecule has 3 rings (SSSR count). The highest BCUT2D eigenvalue weighted by Crippen LogP contribution is 2.33. The van der Waals surface area contributed by atoms with Crippen LogP contribution in [0.5, 0.6) is 0 Å². The lowest BCUT2D eigenvalue weighted by Gasteiger charge is -2.20. The first-order chi connectivity index (χ1) is 12.3. The maximum Gasteiger partial charge on any atom is 0.416 e. The summed E-state index contributed by atoms with van der Waals surface area (Å²) in [7, 11) is 0. The fourth-order valence-corrected chi connectivity index (χ4v) is 3.34. The molecule has 1 aromatic carbocycles. The third-order valence-corrected chi connectivity index (χ3v) is 4.99. The molecule has 1 saturated carbocycles. The lowest BCUT2D eigenvalue weighted by Crippen LogP contribution is -2.45. The lowest BCUT2D eigenvalue weighted by molar-refractivity contribution is -0.137. The minimum atomic E-state index is -4.42. The standard InChI is InChI=1S/C18H22F3N3O2.ClH/c19-18(20,21)14-3-1-2-11(6-14)9-24-10-13(7-16(24)25)17(26)23-15(8-22)12-4-5-12;/h1-3,6,12-13,15H,4-5,7-10,22H2,(H,23,26);1H. The average Bonchev–Trinajstić information content (AvgIpc) is 3.36. The Morgan fingerprint density at radius 2 is 2.04 bits per heavy atom. The molecular weight excluding hydrogens is 383 g/mol. The van der Waals surface area contributed by atoms with Crippen molar-refractivity contribution in [2.24, 2.45) is 17.6 Å². The number of benzene rings is 1. The maximum absolute atomic E-state index is 12.8. The molecule has 1 aliphatic heterocycles. The van der Waals surface area contributed by atoms with Crippen molar-refractivity contribution < 1.29 is 22.8 Å². The van der Waals surface area contributed by atoms with Gasteiger partial charge in [0, 0.05) is 32.1 Å². The van der Waals surface area contributed by atoms with Crippen LogP contribution >= 0.6 is 12.4 Å². The molecule has 3 N–H and O–H groups in total. The van der Waals surface area contributed by atoms with E-state index in [0.717, 1.165) is 25.0 Å². The van der Waals surface area contributed by atoms with E-state index in [1.165, 1.54) is 11.0 Å². The summed E-state index contributed by atoms with van der Waals surface area (Å²) in [6, 6.07) is 4.85. The first kappa shape index (κ1) is 21.5. The summed E-state index contributed by atoms with van der Waals surface area (Å²) in [5, 5.41) is 2.91. The smallest absolute Gasteiger partial charge is 0.352 e. The largest absolute Gasteiger partial charge is 0.416 e. The minimum absolute atomic E-state index is 0. The van der Waals surface area contributed by atoms with Gasteiger partial charge in [-0.2, -0.15) is 13.2 Å². The molecular formula is C18H23ClF3N3O2. The van der Waals surface area contributed by atoms with E-state index in [0.29, 0.717) is 18.0 Å². The van der Waals surface area contributed by atoms with Gasteiger partial charge in [0.25, 0.3) is 0 Å². The van der Waals surface area contributed by atoms with Crippen LogP contribution in [0.1, 0.15) is 30.4 Å². The Morgan fingerprint density at radius 3 is 2.63 bits per heavy atom. The van der Waals surface area contributed by atoms with Crippen LogP contribution in [-0.2, 0) is 22.3 Å². The third kappa shape index (κ3) is 5.35. The zero-order chi connectivity index (χ0) is 18.9. The van der Waals surface area contributed by atoms with Gasteiger partial charge in [-0.25, -0.2) is 0 Å². The Hall–Kier alpha value is -1.80. The van der Waals surface area contributed by atoms with Crippen molar-refractivity contribution in [1.82, 2.24) is 10.2 Å². The Labute approximate surface area is 161 Å². The van der Waals surface area contributed by atoms with Crippen molar-refractivity contribution in [3.05, 3.63) is 35.4 Å². The molecule has 2 fully saturated rings. The van der Waals surface area contributed by atoms with Gasteiger partial charge >= 0.3 is 6.18 Å². The lowest BCUT2D eigenvalue weighted by atomic mass is 10.1. The molecule has 0 radical (unpaired) electrons. The number of likely N-dealkylation sites (tertiary alicyclic amines) is 1. The zero-order valence-corrected chi connectivity index (χ0v) is 15.5. The van der Waals surface area contributed by atoms with Gasteiger partial charge in [0.1, 0.15) is 0 Å². The van der Waals surface area contributed by atoms with Crippen LogP contribution in [0.3, 0.4) is 0 Å². The van der Waals surface area contributed by atoms with Gasteiger partial charge in [0.2, 0.25) is 11.8 Å². The molecule has 2 aliphatic rings. The number of amides is 2. The quantitative estimate of drug-likeness (QED) is 0.762. The number of nitrogens with zero attached hydrogens (tertiary/aromatic N) is 1. The van der Waals surface area contributed by atoms with Gasteiger partial charge in [0.05, 0.1) is 11.5 Å². The summed E-state index contributed by atoms with van der Waals surface area (Å²) in [4.78, 5) is 26.0. The van der Waals surface area contributed by atoms with E-state index in [4.69, 9.17) is 5.73 Å². The Morgan fingerprint density at radius 1 is 1.33 bits per heavy atom. The number of rotatable bonds is 6. The molecule has 2 amide bonds. The predicted octanol–water partition coefficient (Wildman–Crippen LogP) is 2.33. The Bertz CT molecular complexity index is 695. The van der Waals surface area contributed by atoms with Crippen LogP contribution < -0.4 is 11.1 Å². The van der Waals surface area contributed by atoms with Crippen LogP contribution in [0.15, 0.2) is 24.3 Å². The molecule has 9 heteroatoms. The predicted molar refractivity (Wildman–Crippen MR) is 95.9 cm³/mol. The van der Waals surface area contributed by atoms with Gasteiger partial charge in [-0.05, 0) is 36.5 Å². The summed E-state index contributed by atoms with van der Waals surface area (Å²) in [6.45, 7) is 0.642. The molecule has 2 atom stereocenters. The highest BCUT2D eigenvalue weighted by molar-refractivity contribution is 5.89. The molecule has 1 aromatic rings. The average molecular weight is 406 g/mol. The molecule has 0 bridgehead atoms. The third-order valence-electron chi connectivity index (χ3n) is 4.99. The van der Waals surface area contributed by atoms with E-state index in [9.17, 15) is 22.8 Å². The number of nitrogens with one attached hydrogen (secondary N) is 1. The van der Waals surface area contributed by atoms with Gasteiger partial charge in [-0.15, -0.1) is 12.4 Å². The van der Waals surface area contributed by atoms with Crippen LogP contribution in [0.25, 0.3) is 0 Å². The first-order valence-corrected chi connectivity index (χ1v) is 8.72. The first-order valence-electron chi connectivity index (χ1n) is 8.72. The summed E-state index contributed by atoms with van der Waals surface area (Å²) < 4.78 is 38.4. The summed E-state index contributed by atoms with van der Waals surface area (Å²) >= 11 is 0. The number of halogens is 4. The molecule has 2 unspecified atom stereocenters. The van der Waals surface area contributed by atoms with Crippen LogP contribution in [0.2, 0.25) is 0 Å². The SMILES string of the molecule is Cl.NCC(NC(=O)C1CC(=O)N(Cc2cccc(C(F)(F)F)c2)C1)C1CC1. The second-order valence-electron chi connectivity index (χ2n) is 7.06. The van der Waals surface area contributed by atoms with Gasteiger partial charge in [-0.1, -0.05) is 12.1 Å². The molecule has 1 saturated heterocycles. The number of hydrogen-bond acceptors (Lipinski definition) is 3. The van der Waals surface area contributed by atoms with Crippen molar-refractivity contribution in [2.75, 3.05) is 13.1 Å². The summed E-state index contributed by atoms with van der Waals surface area (Å²) in [5.41, 5.74) is 5.33. The molecule has 0 spiro atoms. The monoisotopic (exact) mass is 405 g/mol. The molecule has 1 heterocycles. The van der Waals surface area contributed by atoms with Crippen molar-refractivity contribution in [3.63, 3.8) is 0 Å². The van der Waals surface area contributed by atoms with Crippen molar-refractivity contribution in [3.8, 4) is 0 Å². The second kappa shape index (κ2) is 8.48. The van der Waals surface area contributed by atoms with E-state index >= 15 is 0 Å². The van der Waals surface area contributed by atoms with Gasteiger partial charge in [-0.3, -0.25) is 9.59 Å². The van der Waals surface area contributed by atoms with Crippen LogP contribution in [-0.4, -0.2) is 35.8 Å². The normalized spacial score (nSPS) is 21.0. The molecule has 5 nitrogen and oxygen atoms in total. The molecule has 27 heavy (non-hydrogen) atoms. The van der Waals surface area contributed by atoms with Crippen LogP contribution in [0.4, 0.5) is 13.2 Å². The number of carbonyl (C=O) groups excluding carboxylic acids is 2. The second-order valence-corrected chi connectivity index (χ2v) is 7.06. The summed E-state index contributed by atoms with van der Waals surface area (Å²) in [5.74, 6) is -0.492. The molecule has 150 valence electrons. The van der Waals surface area contributed by atoms with E-state index in [2.05, 4.69) is 5.32 Å². The Kier molecular flexibility index (Phi) is 6.75. The fraction of sp³-hybridized carbons (Fsp3) is 0.556. The van der Waals surface area contributed by atoms with Crippen molar-refractivity contribution in [1.29, 1.82) is 0 Å². The molecule has 0 aromatic heterocycles. The van der Waals surface area contributed by atoms with E-state index < -0.39 is 17.7 Å². The number of carbonyl (C=O) groups is 2. The maximum atomic E-state index is 12.8. The van der Waals surface area contributed by atoms with Crippen molar-refractivity contribution in [2.45, 2.75) is 38.0 Å². The van der Waals surface area contributed by atoms with E-state index in [-0.39, 0.29) is 49.8 Å². The highest BCUT2D eigenvalue weighted by atomic mass is 35.5. The topological polar surface area (TPSA) is 75.4 Å². The van der Waals surface area contributed by atoms with Gasteiger partial charge in [0.15, 0.2) is 0 Å². The minimum Gasteiger partial charge on any atom is -0.352 e. The van der Waals surface area contributed by atoms with E-state index in [1.807, 2.05) is 0 Å². The number of alkyl halides is 3. The highest BCUT2D eigenvalue weighted by Gasteiger charge is 2.38. The van der Waals surface area contributed by atoms with E-state index in [1.54, 1.807) is 6.07 Å². The van der Waals surface area contributed by atoms with Crippen LogP contribution in [0, 0.1) is 11.8 Å². The number of nitrogens with two attached hydrogens (primary N) is 1. The Balaban J connectivity index is 0.00000261.